The molecule has 1 aliphatic carbocycles. The topological polar surface area (TPSA) is 20.3 Å². The first-order chi connectivity index (χ1) is 9.54. The lowest BCUT2D eigenvalue weighted by atomic mass is 10.1. The fourth-order valence-electron chi connectivity index (χ4n) is 2.65. The van der Waals surface area contributed by atoms with Gasteiger partial charge in [-0.05, 0) is 25.0 Å². The summed E-state index contributed by atoms with van der Waals surface area (Å²) in [6.45, 7) is 0.306. The highest BCUT2D eigenvalue weighted by atomic mass is 79.9. The lowest BCUT2D eigenvalue weighted by Gasteiger charge is -2.28. The monoisotopic (exact) mass is 365 g/mol. The van der Waals surface area contributed by atoms with Crippen molar-refractivity contribution >= 4 is 33.4 Å². The molecule has 0 bridgehead atoms. The maximum atomic E-state index is 13.9. The van der Waals surface area contributed by atoms with E-state index in [-0.39, 0.29) is 16.4 Å². The average molecular weight is 367 g/mol. The summed E-state index contributed by atoms with van der Waals surface area (Å²) in [6, 6.07) is 2.23. The molecule has 2 rings (SSSR count). The summed E-state index contributed by atoms with van der Waals surface area (Å²) in [7, 11) is 0. The molecule has 0 N–H and O–H groups in total. The summed E-state index contributed by atoms with van der Waals surface area (Å²) in [6.07, 6.45) is 3.79. The van der Waals surface area contributed by atoms with Gasteiger partial charge in [-0.1, -0.05) is 28.8 Å². The molecular formula is C14H15BrClF2NO. The molecule has 20 heavy (non-hydrogen) atoms. The van der Waals surface area contributed by atoms with E-state index in [1.807, 2.05) is 0 Å². The van der Waals surface area contributed by atoms with E-state index in [1.165, 1.54) is 4.90 Å². The number of rotatable bonds is 4. The van der Waals surface area contributed by atoms with Gasteiger partial charge in [0.2, 0.25) is 0 Å². The van der Waals surface area contributed by atoms with Gasteiger partial charge in [-0.25, -0.2) is 8.78 Å². The Hall–Kier alpha value is -0.680. The van der Waals surface area contributed by atoms with E-state index in [4.69, 9.17) is 11.6 Å². The number of hydrogen-bond acceptors (Lipinski definition) is 1. The van der Waals surface area contributed by atoms with Crippen molar-refractivity contribution in [3.63, 3.8) is 0 Å². The number of hydrogen-bond donors (Lipinski definition) is 0. The molecule has 1 aromatic carbocycles. The summed E-state index contributed by atoms with van der Waals surface area (Å²) in [5, 5.41) is 0. The molecule has 0 unspecified atom stereocenters. The van der Waals surface area contributed by atoms with Gasteiger partial charge in [-0.15, -0.1) is 11.6 Å². The second kappa shape index (κ2) is 6.85. The minimum Gasteiger partial charge on any atom is -0.334 e. The number of carbonyl (C=O) groups is 1. The lowest BCUT2D eigenvalue weighted by molar-refractivity contribution is 0.0685. The molecule has 1 fully saturated rings. The van der Waals surface area contributed by atoms with Gasteiger partial charge in [-0.3, -0.25) is 4.79 Å². The first-order valence-electron chi connectivity index (χ1n) is 6.56. The van der Waals surface area contributed by atoms with Crippen LogP contribution in [0.5, 0.6) is 0 Å². The van der Waals surface area contributed by atoms with E-state index < -0.39 is 23.1 Å². The normalized spacial score (nSPS) is 15.6. The van der Waals surface area contributed by atoms with E-state index >= 15 is 0 Å². The minimum atomic E-state index is -0.848. The molecule has 0 aromatic heterocycles. The number of nitrogens with zero attached hydrogens (tertiary/aromatic N) is 1. The van der Waals surface area contributed by atoms with Crippen molar-refractivity contribution in [1.29, 1.82) is 0 Å². The first kappa shape index (κ1) is 15.7. The lowest BCUT2D eigenvalue weighted by Crippen LogP contribution is -2.41. The Morgan fingerprint density at radius 2 is 1.85 bits per heavy atom. The van der Waals surface area contributed by atoms with E-state index in [9.17, 15) is 13.6 Å². The smallest absolute Gasteiger partial charge is 0.260 e. The summed E-state index contributed by atoms with van der Waals surface area (Å²) in [5.74, 6) is -2.05. The highest BCUT2D eigenvalue weighted by Crippen LogP contribution is 2.27. The largest absolute Gasteiger partial charge is 0.334 e. The second-order valence-electron chi connectivity index (χ2n) is 4.87. The molecular weight excluding hydrogens is 352 g/mol. The third kappa shape index (κ3) is 3.31. The summed E-state index contributed by atoms with van der Waals surface area (Å²) in [5.41, 5.74) is -0.495. The maximum absolute atomic E-state index is 13.9. The molecule has 0 saturated heterocycles. The molecule has 0 radical (unpaired) electrons. The van der Waals surface area contributed by atoms with Crippen LogP contribution in [0.3, 0.4) is 0 Å². The Morgan fingerprint density at radius 1 is 1.30 bits per heavy atom. The van der Waals surface area contributed by atoms with Crippen molar-refractivity contribution in [2.24, 2.45) is 0 Å². The van der Waals surface area contributed by atoms with E-state index in [0.717, 1.165) is 37.8 Å². The molecule has 0 heterocycles. The number of halogens is 4. The Labute approximate surface area is 130 Å². The van der Waals surface area contributed by atoms with Gasteiger partial charge >= 0.3 is 0 Å². The quantitative estimate of drug-likeness (QED) is 0.726. The maximum Gasteiger partial charge on any atom is 0.260 e. The third-order valence-electron chi connectivity index (χ3n) is 3.57. The van der Waals surface area contributed by atoms with Gasteiger partial charge in [0.25, 0.3) is 5.91 Å². The van der Waals surface area contributed by atoms with Gasteiger partial charge in [-0.2, -0.15) is 0 Å². The fraction of sp³-hybridized carbons (Fsp3) is 0.500. The van der Waals surface area contributed by atoms with Crippen LogP contribution in [0.2, 0.25) is 0 Å². The zero-order valence-electron chi connectivity index (χ0n) is 10.8. The second-order valence-corrected chi connectivity index (χ2v) is 6.16. The number of carbonyl (C=O) groups excluding carboxylic acids is 1. The molecule has 110 valence electrons. The minimum absolute atomic E-state index is 0.0312. The van der Waals surface area contributed by atoms with Gasteiger partial charge in [0.15, 0.2) is 0 Å². The third-order valence-corrected chi connectivity index (χ3v) is 4.20. The van der Waals surface area contributed by atoms with Crippen LogP contribution in [0.1, 0.15) is 36.0 Å². The zero-order valence-corrected chi connectivity index (χ0v) is 13.2. The van der Waals surface area contributed by atoms with Crippen LogP contribution in [0.15, 0.2) is 16.6 Å². The number of benzene rings is 1. The Bertz CT molecular complexity index is 483. The number of alkyl halides is 1. The highest BCUT2D eigenvalue weighted by molar-refractivity contribution is 9.10. The van der Waals surface area contributed by atoms with Gasteiger partial charge in [0, 0.05) is 22.9 Å². The molecule has 0 spiro atoms. The zero-order chi connectivity index (χ0) is 14.7. The van der Waals surface area contributed by atoms with Gasteiger partial charge in [0.1, 0.15) is 17.2 Å². The van der Waals surface area contributed by atoms with Crippen LogP contribution in [0, 0.1) is 11.6 Å². The van der Waals surface area contributed by atoms with Crippen molar-refractivity contribution in [2.45, 2.75) is 31.7 Å². The molecule has 6 heteroatoms. The SMILES string of the molecule is O=C(c1c(F)cc(Br)cc1F)N(CCCl)C1CCCC1. The molecule has 1 amide bonds. The van der Waals surface area contributed by atoms with Gasteiger partial charge in [0.05, 0.1) is 0 Å². The Kier molecular flexibility index (Phi) is 5.38. The van der Waals surface area contributed by atoms with Gasteiger partial charge < -0.3 is 4.90 Å². The van der Waals surface area contributed by atoms with Crippen LogP contribution in [-0.2, 0) is 0 Å². The van der Waals surface area contributed by atoms with Crippen LogP contribution in [0.25, 0.3) is 0 Å². The molecule has 2 nitrogen and oxygen atoms in total. The standard InChI is InChI=1S/C14H15BrClF2NO/c15-9-7-11(17)13(12(18)8-9)14(20)19(6-5-16)10-3-1-2-4-10/h7-8,10H,1-6H2. The average Bonchev–Trinajstić information content (AvgIpc) is 2.87. The van der Waals surface area contributed by atoms with E-state index in [0.29, 0.717) is 6.54 Å². The van der Waals surface area contributed by atoms with Crippen molar-refractivity contribution in [3.05, 3.63) is 33.8 Å². The molecule has 0 atom stereocenters. The van der Waals surface area contributed by atoms with E-state index in [1.54, 1.807) is 0 Å². The summed E-state index contributed by atoms with van der Waals surface area (Å²) >= 11 is 8.73. The molecule has 1 aliphatic rings. The van der Waals surface area contributed by atoms with E-state index in [2.05, 4.69) is 15.9 Å². The predicted octanol–water partition coefficient (Wildman–Crippen LogP) is 4.35. The summed E-state index contributed by atoms with van der Waals surface area (Å²) in [4.78, 5) is 14.0. The molecule has 0 aliphatic heterocycles. The molecule has 1 saturated carbocycles. The van der Waals surface area contributed by atoms with Crippen LogP contribution in [-0.4, -0.2) is 29.3 Å². The van der Waals surface area contributed by atoms with Crippen LogP contribution >= 0.6 is 27.5 Å². The Balaban J connectivity index is 2.31. The predicted molar refractivity (Wildman–Crippen MR) is 78.1 cm³/mol. The van der Waals surface area contributed by atoms with Crippen molar-refractivity contribution in [2.75, 3.05) is 12.4 Å². The fourth-order valence-corrected chi connectivity index (χ4v) is 3.23. The Morgan fingerprint density at radius 3 is 2.35 bits per heavy atom. The van der Waals surface area contributed by atoms with Crippen molar-refractivity contribution in [3.8, 4) is 0 Å². The summed E-state index contributed by atoms with van der Waals surface area (Å²) < 4.78 is 28.1. The van der Waals surface area contributed by atoms with Crippen molar-refractivity contribution in [1.82, 2.24) is 4.90 Å². The first-order valence-corrected chi connectivity index (χ1v) is 7.89. The van der Waals surface area contributed by atoms with Crippen molar-refractivity contribution < 1.29 is 13.6 Å². The number of amides is 1. The highest BCUT2D eigenvalue weighted by Gasteiger charge is 2.30. The van der Waals surface area contributed by atoms with Crippen LogP contribution in [0.4, 0.5) is 8.78 Å². The van der Waals surface area contributed by atoms with Crippen LogP contribution < -0.4 is 0 Å². The molecule has 1 aromatic rings.